The molecule has 1 heterocycles. The van der Waals surface area contributed by atoms with Crippen LogP contribution in [-0.4, -0.2) is 49.6 Å². The molecule has 1 saturated carbocycles. The van der Waals surface area contributed by atoms with Gasteiger partial charge in [0.1, 0.15) is 0 Å². The molecule has 2 aliphatic rings. The molecule has 0 radical (unpaired) electrons. The average Bonchev–Trinajstić information content (AvgIpc) is 2.80. The van der Waals surface area contributed by atoms with Gasteiger partial charge in [-0.25, -0.2) is 0 Å². The first-order chi connectivity index (χ1) is 9.79. The monoisotopic (exact) mass is 295 g/mol. The van der Waals surface area contributed by atoms with Crippen LogP contribution in [0.2, 0.25) is 0 Å². The van der Waals surface area contributed by atoms with Gasteiger partial charge in [0.25, 0.3) is 0 Å². The molecule has 1 amide bonds. The summed E-state index contributed by atoms with van der Waals surface area (Å²) in [6, 6.07) is 0.784. The van der Waals surface area contributed by atoms with Crippen LogP contribution >= 0.6 is 0 Å². The molecule has 1 saturated heterocycles. The fourth-order valence-electron chi connectivity index (χ4n) is 3.98. The lowest BCUT2D eigenvalue weighted by atomic mass is 9.84. The van der Waals surface area contributed by atoms with E-state index in [1.165, 1.54) is 25.7 Å². The predicted molar refractivity (Wildman–Crippen MR) is 87.2 cm³/mol. The Kier molecular flexibility index (Phi) is 5.31. The highest BCUT2D eigenvalue weighted by atomic mass is 16.2. The number of carbonyl (C=O) groups excluding carboxylic acids is 1. The molecular weight excluding hydrogens is 262 g/mol. The summed E-state index contributed by atoms with van der Waals surface area (Å²) < 4.78 is 0. The lowest BCUT2D eigenvalue weighted by molar-refractivity contribution is -0.124. The second-order valence-electron chi connectivity index (χ2n) is 8.06. The molecule has 1 aliphatic heterocycles. The Hall–Kier alpha value is -0.610. The van der Waals surface area contributed by atoms with Crippen LogP contribution in [0, 0.1) is 11.3 Å². The molecule has 2 rings (SSSR count). The largest absolute Gasteiger partial charge is 0.352 e. The summed E-state index contributed by atoms with van der Waals surface area (Å²) >= 11 is 0. The molecule has 0 spiro atoms. The summed E-state index contributed by atoms with van der Waals surface area (Å²) in [6.45, 7) is 7.54. The molecule has 4 nitrogen and oxygen atoms in total. The Morgan fingerprint density at radius 3 is 2.62 bits per heavy atom. The van der Waals surface area contributed by atoms with E-state index in [-0.39, 0.29) is 23.4 Å². The van der Waals surface area contributed by atoms with Gasteiger partial charge in [-0.2, -0.15) is 0 Å². The van der Waals surface area contributed by atoms with E-state index in [9.17, 15) is 4.79 Å². The number of hydrogen-bond donors (Lipinski definition) is 2. The Labute approximate surface area is 130 Å². The maximum Gasteiger partial charge on any atom is 0.237 e. The van der Waals surface area contributed by atoms with Crippen LogP contribution in [0.5, 0.6) is 0 Å². The van der Waals surface area contributed by atoms with Gasteiger partial charge in [-0.05, 0) is 51.6 Å². The normalized spacial score (nSPS) is 31.0. The molecule has 1 aliphatic carbocycles. The number of hydrogen-bond acceptors (Lipinski definition) is 3. The molecule has 0 bridgehead atoms. The zero-order chi connectivity index (χ0) is 15.6. The quantitative estimate of drug-likeness (QED) is 0.815. The van der Waals surface area contributed by atoms with Crippen LogP contribution in [0.4, 0.5) is 0 Å². The number of nitrogens with one attached hydrogen (secondary N) is 2. The van der Waals surface area contributed by atoms with Gasteiger partial charge in [0.15, 0.2) is 0 Å². The maximum atomic E-state index is 12.5. The SMILES string of the molecule is CC(NC(=O)C1CC2CCCCC2N1)C(C)(C)CN(C)C. The van der Waals surface area contributed by atoms with E-state index < -0.39 is 0 Å². The highest BCUT2D eigenvalue weighted by Gasteiger charge is 2.39. The van der Waals surface area contributed by atoms with Crippen molar-refractivity contribution in [1.29, 1.82) is 0 Å². The first kappa shape index (κ1) is 16.8. The minimum absolute atomic E-state index is 0.0238. The number of nitrogens with zero attached hydrogens (tertiary/aromatic N) is 1. The van der Waals surface area contributed by atoms with E-state index in [1.807, 2.05) is 0 Å². The Morgan fingerprint density at radius 1 is 1.33 bits per heavy atom. The van der Waals surface area contributed by atoms with E-state index in [1.54, 1.807) is 0 Å². The van der Waals surface area contributed by atoms with Gasteiger partial charge in [-0.1, -0.05) is 26.7 Å². The maximum absolute atomic E-state index is 12.5. The fourth-order valence-corrected chi connectivity index (χ4v) is 3.98. The number of rotatable bonds is 5. The molecule has 0 aromatic carbocycles. The Bertz CT molecular complexity index is 353. The second kappa shape index (κ2) is 6.66. The summed E-state index contributed by atoms with van der Waals surface area (Å²) in [5.41, 5.74) is 0.0739. The van der Waals surface area contributed by atoms with Crippen LogP contribution in [0.1, 0.15) is 52.9 Å². The minimum atomic E-state index is 0.0238. The van der Waals surface area contributed by atoms with Gasteiger partial charge in [-0.15, -0.1) is 0 Å². The van der Waals surface area contributed by atoms with Gasteiger partial charge in [-0.3, -0.25) is 4.79 Å². The lowest BCUT2D eigenvalue weighted by Crippen LogP contribution is -2.52. The first-order valence-corrected chi connectivity index (χ1v) is 8.51. The smallest absolute Gasteiger partial charge is 0.237 e. The van der Waals surface area contributed by atoms with Crippen LogP contribution in [0.25, 0.3) is 0 Å². The van der Waals surface area contributed by atoms with Crippen LogP contribution in [-0.2, 0) is 4.79 Å². The van der Waals surface area contributed by atoms with Crippen molar-refractivity contribution in [3.63, 3.8) is 0 Å². The molecule has 4 heteroatoms. The Morgan fingerprint density at radius 2 is 2.00 bits per heavy atom. The Balaban J connectivity index is 1.86. The molecule has 21 heavy (non-hydrogen) atoms. The summed E-state index contributed by atoms with van der Waals surface area (Å²) in [5, 5.41) is 6.82. The van der Waals surface area contributed by atoms with Crippen molar-refractivity contribution >= 4 is 5.91 Å². The predicted octanol–water partition coefficient (Wildman–Crippen LogP) is 2.00. The van der Waals surface area contributed by atoms with Crippen LogP contribution < -0.4 is 10.6 Å². The van der Waals surface area contributed by atoms with Crippen molar-refractivity contribution in [1.82, 2.24) is 15.5 Å². The number of carbonyl (C=O) groups is 1. The van der Waals surface area contributed by atoms with Crippen molar-refractivity contribution in [3.8, 4) is 0 Å². The third-order valence-electron chi connectivity index (χ3n) is 5.43. The first-order valence-electron chi connectivity index (χ1n) is 8.51. The van der Waals surface area contributed by atoms with E-state index in [0.29, 0.717) is 6.04 Å². The highest BCUT2D eigenvalue weighted by molar-refractivity contribution is 5.82. The third-order valence-corrected chi connectivity index (χ3v) is 5.43. The fraction of sp³-hybridized carbons (Fsp3) is 0.941. The number of fused-ring (bicyclic) bond motifs is 1. The molecule has 0 aromatic rings. The van der Waals surface area contributed by atoms with E-state index in [0.717, 1.165) is 18.9 Å². The summed E-state index contributed by atoms with van der Waals surface area (Å²) in [6.07, 6.45) is 6.22. The molecule has 2 fully saturated rings. The van der Waals surface area contributed by atoms with Crippen LogP contribution in [0.3, 0.4) is 0 Å². The molecule has 0 aromatic heterocycles. The molecular formula is C17H33N3O. The summed E-state index contributed by atoms with van der Waals surface area (Å²) in [4.78, 5) is 14.7. The van der Waals surface area contributed by atoms with Crippen molar-refractivity contribution < 1.29 is 4.79 Å². The van der Waals surface area contributed by atoms with Crippen LogP contribution in [0.15, 0.2) is 0 Å². The molecule has 122 valence electrons. The summed E-state index contributed by atoms with van der Waals surface area (Å²) in [7, 11) is 4.17. The summed E-state index contributed by atoms with van der Waals surface area (Å²) in [5.74, 6) is 0.920. The van der Waals surface area contributed by atoms with E-state index >= 15 is 0 Å². The van der Waals surface area contributed by atoms with Crippen molar-refractivity contribution in [2.75, 3.05) is 20.6 Å². The van der Waals surface area contributed by atoms with Crippen molar-refractivity contribution in [2.24, 2.45) is 11.3 Å². The zero-order valence-corrected chi connectivity index (χ0v) is 14.4. The topological polar surface area (TPSA) is 44.4 Å². The van der Waals surface area contributed by atoms with Gasteiger partial charge in [0, 0.05) is 18.6 Å². The van der Waals surface area contributed by atoms with Gasteiger partial charge in [0.2, 0.25) is 5.91 Å². The third kappa shape index (κ3) is 4.19. The second-order valence-corrected chi connectivity index (χ2v) is 8.06. The van der Waals surface area contributed by atoms with Gasteiger partial charge >= 0.3 is 0 Å². The van der Waals surface area contributed by atoms with E-state index in [2.05, 4.69) is 50.4 Å². The molecule has 4 atom stereocenters. The molecule has 4 unspecified atom stereocenters. The van der Waals surface area contributed by atoms with E-state index in [4.69, 9.17) is 0 Å². The standard InChI is InChI=1S/C17H33N3O/c1-12(17(2,3)11-20(4)5)18-16(21)15-10-13-8-6-7-9-14(13)19-15/h12-15,19H,6-11H2,1-5H3,(H,18,21). The van der Waals surface area contributed by atoms with Gasteiger partial charge < -0.3 is 15.5 Å². The van der Waals surface area contributed by atoms with Gasteiger partial charge in [0.05, 0.1) is 6.04 Å². The molecule has 2 N–H and O–H groups in total. The lowest BCUT2D eigenvalue weighted by Gasteiger charge is -2.35. The average molecular weight is 295 g/mol. The zero-order valence-electron chi connectivity index (χ0n) is 14.4. The minimum Gasteiger partial charge on any atom is -0.352 e. The number of amides is 1. The highest BCUT2D eigenvalue weighted by Crippen LogP contribution is 2.33. The van der Waals surface area contributed by atoms with Crippen molar-refractivity contribution in [2.45, 2.75) is 71.0 Å². The van der Waals surface area contributed by atoms with Crippen molar-refractivity contribution in [3.05, 3.63) is 0 Å².